The average Bonchev–Trinajstić information content (AvgIpc) is 2.50. The highest BCUT2D eigenvalue weighted by atomic mass is 79.9. The highest BCUT2D eigenvalue weighted by molar-refractivity contribution is 9.10. The third-order valence-electron chi connectivity index (χ3n) is 1.50. The van der Waals surface area contributed by atoms with Crippen LogP contribution in [0.3, 0.4) is 0 Å². The van der Waals surface area contributed by atoms with Gasteiger partial charge in [-0.2, -0.15) is 0 Å². The molecule has 0 saturated carbocycles. The van der Waals surface area contributed by atoms with E-state index in [0.29, 0.717) is 10.4 Å². The van der Waals surface area contributed by atoms with Gasteiger partial charge in [-0.25, -0.2) is 15.0 Å². The van der Waals surface area contributed by atoms with Crippen molar-refractivity contribution in [2.75, 3.05) is 12.4 Å². The van der Waals surface area contributed by atoms with Gasteiger partial charge in [0.25, 0.3) is 0 Å². The number of rotatable bonds is 1. The Morgan fingerprint density at radius 2 is 2.33 bits per heavy atom. The molecule has 2 N–H and O–H groups in total. The van der Waals surface area contributed by atoms with E-state index in [1.807, 2.05) is 0 Å². The van der Waals surface area contributed by atoms with Gasteiger partial charge in [0.15, 0.2) is 11.5 Å². The van der Waals surface area contributed by atoms with Crippen molar-refractivity contribution in [2.45, 2.75) is 0 Å². The fourth-order valence-corrected chi connectivity index (χ4v) is 1.33. The number of halogens is 1. The lowest BCUT2D eigenvalue weighted by Gasteiger charge is -1.99. The van der Waals surface area contributed by atoms with E-state index in [1.165, 1.54) is 0 Å². The molecule has 2 aromatic rings. The molecule has 6 heteroatoms. The fourth-order valence-electron chi connectivity index (χ4n) is 0.988. The van der Waals surface area contributed by atoms with Crippen LogP contribution < -0.4 is 5.32 Å². The Bertz CT molecular complexity index is 409. The van der Waals surface area contributed by atoms with Crippen molar-refractivity contribution in [3.8, 4) is 0 Å². The number of hydrogen-bond donors (Lipinski definition) is 2. The fraction of sp³-hybridized carbons (Fsp3) is 0.167. The normalized spacial score (nSPS) is 10.5. The molecular formula is C6H6BrN5. The van der Waals surface area contributed by atoms with Crippen molar-refractivity contribution < 1.29 is 0 Å². The van der Waals surface area contributed by atoms with E-state index in [4.69, 9.17) is 0 Å². The number of hydrogen-bond acceptors (Lipinski definition) is 4. The Kier molecular flexibility index (Phi) is 1.69. The number of H-pyrrole nitrogens is 1. The van der Waals surface area contributed by atoms with E-state index in [9.17, 15) is 0 Å². The molecule has 2 heterocycles. The van der Waals surface area contributed by atoms with Crippen molar-refractivity contribution >= 4 is 32.9 Å². The number of fused-ring (bicyclic) bond motifs is 1. The van der Waals surface area contributed by atoms with Gasteiger partial charge in [0.1, 0.15) is 5.52 Å². The summed E-state index contributed by atoms with van der Waals surface area (Å²) in [7, 11) is 1.80. The van der Waals surface area contributed by atoms with Gasteiger partial charge in [-0.1, -0.05) is 0 Å². The Labute approximate surface area is 76.8 Å². The highest BCUT2D eigenvalue weighted by Crippen LogP contribution is 2.17. The Hall–Kier alpha value is -1.17. The molecule has 5 nitrogen and oxygen atoms in total. The number of aromatic nitrogens is 4. The molecule has 62 valence electrons. The van der Waals surface area contributed by atoms with Crippen LogP contribution in [0.15, 0.2) is 11.1 Å². The molecule has 0 aliphatic rings. The molecule has 2 aromatic heterocycles. The average molecular weight is 228 g/mol. The molecule has 0 aliphatic carbocycles. The second-order valence-electron chi connectivity index (χ2n) is 2.19. The Balaban J connectivity index is 2.80. The topological polar surface area (TPSA) is 66.5 Å². The van der Waals surface area contributed by atoms with E-state index in [-0.39, 0.29) is 0 Å². The minimum Gasteiger partial charge on any atom is -0.371 e. The van der Waals surface area contributed by atoms with Crippen LogP contribution >= 0.6 is 15.9 Å². The zero-order chi connectivity index (χ0) is 8.55. The van der Waals surface area contributed by atoms with Gasteiger partial charge in [-0.3, -0.25) is 0 Å². The van der Waals surface area contributed by atoms with E-state index in [2.05, 4.69) is 41.2 Å². The predicted octanol–water partition coefficient (Wildman–Crippen LogP) is 1.16. The van der Waals surface area contributed by atoms with E-state index < -0.39 is 0 Å². The maximum atomic E-state index is 4.12. The van der Waals surface area contributed by atoms with Crippen LogP contribution in [0.25, 0.3) is 11.2 Å². The Morgan fingerprint density at radius 3 is 3.08 bits per heavy atom. The van der Waals surface area contributed by atoms with Crippen molar-refractivity contribution in [1.82, 2.24) is 19.9 Å². The molecule has 0 fully saturated rings. The van der Waals surface area contributed by atoms with Crippen LogP contribution in [-0.4, -0.2) is 27.0 Å². The van der Waals surface area contributed by atoms with E-state index in [1.54, 1.807) is 13.4 Å². The van der Waals surface area contributed by atoms with Crippen molar-refractivity contribution in [3.63, 3.8) is 0 Å². The SMILES string of the molecule is CNc1nc(Br)nc2nc[nH]c12. The zero-order valence-corrected chi connectivity index (χ0v) is 7.88. The first-order valence-corrected chi connectivity index (χ1v) is 4.15. The van der Waals surface area contributed by atoms with Gasteiger partial charge >= 0.3 is 0 Å². The van der Waals surface area contributed by atoms with Crippen LogP contribution in [0.4, 0.5) is 5.82 Å². The van der Waals surface area contributed by atoms with Crippen LogP contribution in [0.1, 0.15) is 0 Å². The summed E-state index contributed by atoms with van der Waals surface area (Å²) in [5, 5.41) is 2.94. The second-order valence-corrected chi connectivity index (χ2v) is 2.90. The molecule has 0 unspecified atom stereocenters. The summed E-state index contributed by atoms with van der Waals surface area (Å²) in [5.41, 5.74) is 1.47. The molecule has 2 rings (SSSR count). The number of imidazole rings is 1. The summed E-state index contributed by atoms with van der Waals surface area (Å²) in [6, 6.07) is 0. The zero-order valence-electron chi connectivity index (χ0n) is 6.30. The van der Waals surface area contributed by atoms with Gasteiger partial charge < -0.3 is 10.3 Å². The minimum atomic E-state index is 0.534. The summed E-state index contributed by atoms with van der Waals surface area (Å²) in [4.78, 5) is 15.1. The monoisotopic (exact) mass is 227 g/mol. The lowest BCUT2D eigenvalue weighted by atomic mass is 10.5. The molecule has 0 spiro atoms. The molecule has 0 saturated heterocycles. The third kappa shape index (κ3) is 1.04. The highest BCUT2D eigenvalue weighted by Gasteiger charge is 2.05. The standard InChI is InChI=1S/C6H6BrN5/c1-8-4-3-5(10-2-9-3)12-6(7)11-4/h2H,1H3,(H2,8,9,10,11,12). The molecular weight excluding hydrogens is 222 g/mol. The maximum absolute atomic E-state index is 4.12. The molecule has 0 radical (unpaired) electrons. The van der Waals surface area contributed by atoms with Crippen molar-refractivity contribution in [1.29, 1.82) is 0 Å². The lowest BCUT2D eigenvalue weighted by Crippen LogP contribution is -1.95. The third-order valence-corrected chi connectivity index (χ3v) is 1.85. The van der Waals surface area contributed by atoms with E-state index in [0.717, 1.165) is 11.3 Å². The Morgan fingerprint density at radius 1 is 1.50 bits per heavy atom. The van der Waals surface area contributed by atoms with Crippen LogP contribution in [-0.2, 0) is 0 Å². The second kappa shape index (κ2) is 2.71. The molecule has 0 aromatic carbocycles. The summed E-state index contributed by atoms with van der Waals surface area (Å²) in [5.74, 6) is 0.740. The summed E-state index contributed by atoms with van der Waals surface area (Å²) >= 11 is 3.19. The first-order valence-electron chi connectivity index (χ1n) is 3.35. The quantitative estimate of drug-likeness (QED) is 0.718. The number of nitrogens with one attached hydrogen (secondary N) is 2. The smallest absolute Gasteiger partial charge is 0.200 e. The first-order chi connectivity index (χ1) is 5.81. The molecule has 0 aliphatic heterocycles. The summed E-state index contributed by atoms with van der Waals surface area (Å²) < 4.78 is 0.534. The van der Waals surface area contributed by atoms with E-state index >= 15 is 0 Å². The molecule has 12 heavy (non-hydrogen) atoms. The van der Waals surface area contributed by atoms with Crippen molar-refractivity contribution in [2.24, 2.45) is 0 Å². The van der Waals surface area contributed by atoms with Gasteiger partial charge in [-0.15, -0.1) is 0 Å². The molecule has 0 amide bonds. The van der Waals surface area contributed by atoms with Crippen LogP contribution in [0, 0.1) is 0 Å². The predicted molar refractivity (Wildman–Crippen MR) is 48.9 cm³/mol. The van der Waals surface area contributed by atoms with Crippen LogP contribution in [0.5, 0.6) is 0 Å². The summed E-state index contributed by atoms with van der Waals surface area (Å²) in [6.45, 7) is 0. The minimum absolute atomic E-state index is 0.534. The number of nitrogens with zero attached hydrogens (tertiary/aromatic N) is 3. The number of aromatic amines is 1. The number of anilines is 1. The largest absolute Gasteiger partial charge is 0.371 e. The lowest BCUT2D eigenvalue weighted by molar-refractivity contribution is 1.14. The van der Waals surface area contributed by atoms with Crippen molar-refractivity contribution in [3.05, 3.63) is 11.1 Å². The molecule has 0 atom stereocenters. The summed E-state index contributed by atoms with van der Waals surface area (Å²) in [6.07, 6.45) is 1.59. The maximum Gasteiger partial charge on any atom is 0.200 e. The van der Waals surface area contributed by atoms with Crippen LogP contribution in [0.2, 0.25) is 0 Å². The van der Waals surface area contributed by atoms with Gasteiger partial charge in [-0.05, 0) is 15.9 Å². The van der Waals surface area contributed by atoms with Gasteiger partial charge in [0.2, 0.25) is 4.73 Å². The molecule has 0 bridgehead atoms. The van der Waals surface area contributed by atoms with Gasteiger partial charge in [0, 0.05) is 7.05 Å². The van der Waals surface area contributed by atoms with Gasteiger partial charge in [0.05, 0.1) is 6.33 Å². The first kappa shape index (κ1) is 7.48.